The second-order valence-corrected chi connectivity index (χ2v) is 12.1. The lowest BCUT2D eigenvalue weighted by atomic mass is 9.65. The topological polar surface area (TPSA) is 46.5 Å². The van der Waals surface area contributed by atoms with Crippen LogP contribution in [0, 0.1) is 11.8 Å². The van der Waals surface area contributed by atoms with E-state index in [1.54, 1.807) is 0 Å². The maximum atomic E-state index is 13.0. The van der Waals surface area contributed by atoms with Crippen molar-refractivity contribution in [2.24, 2.45) is 11.8 Å². The summed E-state index contributed by atoms with van der Waals surface area (Å²) in [6.45, 7) is 11.1. The molecule has 1 aliphatic heterocycles. The molecular formula is C30H44O3. The Kier molecular flexibility index (Phi) is 6.99. The second-order valence-electron chi connectivity index (χ2n) is 12.1. The molecule has 2 aliphatic carbocycles. The highest BCUT2D eigenvalue weighted by Crippen LogP contribution is 2.55. The van der Waals surface area contributed by atoms with Gasteiger partial charge in [-0.15, -0.1) is 0 Å². The van der Waals surface area contributed by atoms with E-state index in [9.17, 15) is 9.90 Å². The van der Waals surface area contributed by atoms with Gasteiger partial charge in [-0.25, -0.2) is 0 Å². The third-order valence-electron chi connectivity index (χ3n) is 8.79. The number of hydrogen-bond acceptors (Lipinski definition) is 3. The zero-order valence-corrected chi connectivity index (χ0v) is 21.5. The first-order chi connectivity index (χ1) is 15.6. The molecule has 3 aliphatic rings. The van der Waals surface area contributed by atoms with Crippen molar-refractivity contribution in [2.45, 2.75) is 122 Å². The average molecular weight is 453 g/mol. The molecule has 0 spiro atoms. The lowest BCUT2D eigenvalue weighted by Crippen LogP contribution is -2.46. The summed E-state index contributed by atoms with van der Waals surface area (Å²) in [5.74, 6) is 2.49. The SMILES string of the molecule is CCCCCCC(C)(C)c1cc(O)c2c(c1)OC(C)(C)[C@@H]1CC=C(C(=O)CC3CCC3)C[C@@H]21. The highest BCUT2D eigenvalue weighted by Gasteiger charge is 2.47. The Hall–Kier alpha value is -1.77. The molecule has 0 unspecified atom stereocenters. The van der Waals surface area contributed by atoms with Gasteiger partial charge in [0.15, 0.2) is 5.78 Å². The van der Waals surface area contributed by atoms with Gasteiger partial charge in [-0.05, 0) is 67.7 Å². The largest absolute Gasteiger partial charge is 0.508 e. The van der Waals surface area contributed by atoms with Crippen molar-refractivity contribution >= 4 is 5.78 Å². The number of fused-ring (bicyclic) bond motifs is 3. The molecule has 0 radical (unpaired) electrons. The number of Topliss-reactive ketones (excluding diaryl/α,β-unsaturated/α-hetero) is 1. The molecule has 1 saturated carbocycles. The molecule has 3 nitrogen and oxygen atoms in total. The summed E-state index contributed by atoms with van der Waals surface area (Å²) in [6.07, 6.45) is 14.2. The average Bonchev–Trinajstić information content (AvgIpc) is 2.72. The molecule has 1 N–H and O–H groups in total. The molecule has 1 aromatic rings. The van der Waals surface area contributed by atoms with E-state index in [-0.39, 0.29) is 22.9 Å². The van der Waals surface area contributed by atoms with Crippen LogP contribution in [0.5, 0.6) is 11.5 Å². The standard InChI is InChI=1S/C30H44O3/c1-6-7-8-9-15-29(2,3)22-18-26(32)28-23-17-21(25(31)16-20-11-10-12-20)13-14-24(23)30(4,5)33-27(28)19-22/h13,18-20,23-24,32H,6-12,14-17H2,1-5H3/t23-,24-/m1/s1. The number of allylic oxidation sites excluding steroid dienone is 2. The van der Waals surface area contributed by atoms with Gasteiger partial charge < -0.3 is 9.84 Å². The molecule has 2 atom stereocenters. The van der Waals surface area contributed by atoms with Crippen LogP contribution in [0.2, 0.25) is 0 Å². The highest BCUT2D eigenvalue weighted by atomic mass is 16.5. The van der Waals surface area contributed by atoms with Crippen molar-refractivity contribution in [3.63, 3.8) is 0 Å². The van der Waals surface area contributed by atoms with E-state index in [0.29, 0.717) is 23.9 Å². The minimum absolute atomic E-state index is 0.0129. The van der Waals surface area contributed by atoms with Gasteiger partial charge in [-0.2, -0.15) is 0 Å². The van der Waals surface area contributed by atoms with Crippen LogP contribution < -0.4 is 4.74 Å². The van der Waals surface area contributed by atoms with E-state index in [1.807, 2.05) is 6.07 Å². The van der Waals surface area contributed by atoms with Crippen molar-refractivity contribution in [2.75, 3.05) is 0 Å². The summed E-state index contributed by atoms with van der Waals surface area (Å²) < 4.78 is 6.56. The van der Waals surface area contributed by atoms with Crippen LogP contribution in [0.4, 0.5) is 0 Å². The maximum absolute atomic E-state index is 13.0. The van der Waals surface area contributed by atoms with Crippen LogP contribution >= 0.6 is 0 Å². The molecule has 4 rings (SSSR count). The number of rotatable bonds is 9. The maximum Gasteiger partial charge on any atom is 0.158 e. The Morgan fingerprint density at radius 3 is 2.61 bits per heavy atom. The number of benzene rings is 1. The van der Waals surface area contributed by atoms with Crippen molar-refractivity contribution in [3.8, 4) is 11.5 Å². The molecule has 3 heteroatoms. The number of carbonyl (C=O) groups excluding carboxylic acids is 1. The van der Waals surface area contributed by atoms with Gasteiger partial charge in [0.1, 0.15) is 17.1 Å². The van der Waals surface area contributed by atoms with E-state index >= 15 is 0 Å². The molecule has 182 valence electrons. The van der Waals surface area contributed by atoms with Crippen LogP contribution in [-0.4, -0.2) is 16.5 Å². The van der Waals surface area contributed by atoms with Gasteiger partial charge in [0.2, 0.25) is 0 Å². The van der Waals surface area contributed by atoms with Gasteiger partial charge in [0, 0.05) is 23.8 Å². The van der Waals surface area contributed by atoms with Crippen LogP contribution in [0.15, 0.2) is 23.8 Å². The number of ketones is 1. The van der Waals surface area contributed by atoms with E-state index < -0.39 is 0 Å². The van der Waals surface area contributed by atoms with E-state index in [2.05, 4.69) is 46.8 Å². The summed E-state index contributed by atoms with van der Waals surface area (Å²) in [4.78, 5) is 13.0. The number of carbonyl (C=O) groups is 1. The summed E-state index contributed by atoms with van der Waals surface area (Å²) in [6, 6.07) is 4.16. The van der Waals surface area contributed by atoms with Gasteiger partial charge in [-0.1, -0.05) is 71.8 Å². The fourth-order valence-electron chi connectivity index (χ4n) is 6.24. The highest BCUT2D eigenvalue weighted by molar-refractivity contribution is 5.95. The third kappa shape index (κ3) is 5.03. The normalized spacial score (nSPS) is 24.2. The molecule has 1 aromatic carbocycles. The molecular weight excluding hydrogens is 408 g/mol. The number of phenolic OH excluding ortho intramolecular Hbond substituents is 1. The van der Waals surface area contributed by atoms with E-state index in [1.165, 1.54) is 44.9 Å². The molecule has 0 saturated heterocycles. The quantitative estimate of drug-likeness (QED) is 0.386. The number of unbranched alkanes of at least 4 members (excludes halogenated alkanes) is 3. The van der Waals surface area contributed by atoms with Gasteiger partial charge in [0.25, 0.3) is 0 Å². The fraction of sp³-hybridized carbons (Fsp3) is 0.700. The van der Waals surface area contributed by atoms with Crippen molar-refractivity contribution in [1.82, 2.24) is 0 Å². The lowest BCUT2D eigenvalue weighted by Gasteiger charge is -2.47. The molecule has 33 heavy (non-hydrogen) atoms. The smallest absolute Gasteiger partial charge is 0.158 e. The molecule has 1 heterocycles. The molecule has 1 fully saturated rings. The van der Waals surface area contributed by atoms with Crippen molar-refractivity contribution < 1.29 is 14.6 Å². The first-order valence-electron chi connectivity index (χ1n) is 13.4. The number of ether oxygens (including phenoxy) is 1. The zero-order valence-electron chi connectivity index (χ0n) is 21.5. The zero-order chi connectivity index (χ0) is 23.8. The Labute approximate surface area is 201 Å². The Morgan fingerprint density at radius 2 is 1.94 bits per heavy atom. The number of aromatic hydroxyl groups is 1. The van der Waals surface area contributed by atoms with Crippen LogP contribution in [0.25, 0.3) is 0 Å². The second kappa shape index (κ2) is 9.47. The van der Waals surface area contributed by atoms with Crippen LogP contribution in [0.1, 0.15) is 122 Å². The molecule has 0 aromatic heterocycles. The first kappa shape index (κ1) is 24.4. The van der Waals surface area contributed by atoms with Crippen LogP contribution in [-0.2, 0) is 10.2 Å². The van der Waals surface area contributed by atoms with Crippen molar-refractivity contribution in [1.29, 1.82) is 0 Å². The molecule has 0 amide bonds. The Morgan fingerprint density at radius 1 is 1.18 bits per heavy atom. The summed E-state index contributed by atoms with van der Waals surface area (Å²) in [5, 5.41) is 11.3. The fourth-order valence-corrected chi connectivity index (χ4v) is 6.24. The minimum atomic E-state index is -0.326. The number of hydrogen-bond donors (Lipinski definition) is 1. The lowest BCUT2D eigenvalue weighted by molar-refractivity contribution is -0.117. The van der Waals surface area contributed by atoms with E-state index in [0.717, 1.165) is 41.7 Å². The van der Waals surface area contributed by atoms with Crippen LogP contribution in [0.3, 0.4) is 0 Å². The van der Waals surface area contributed by atoms with Gasteiger partial charge in [-0.3, -0.25) is 4.79 Å². The van der Waals surface area contributed by atoms with Crippen molar-refractivity contribution in [3.05, 3.63) is 34.9 Å². The minimum Gasteiger partial charge on any atom is -0.508 e. The Balaban J connectivity index is 1.59. The van der Waals surface area contributed by atoms with E-state index in [4.69, 9.17) is 4.74 Å². The third-order valence-corrected chi connectivity index (χ3v) is 8.79. The summed E-state index contributed by atoms with van der Waals surface area (Å²) in [5.41, 5.74) is 2.71. The van der Waals surface area contributed by atoms with Gasteiger partial charge >= 0.3 is 0 Å². The predicted molar refractivity (Wildman–Crippen MR) is 135 cm³/mol. The Bertz CT molecular complexity index is 903. The first-order valence-corrected chi connectivity index (χ1v) is 13.4. The monoisotopic (exact) mass is 452 g/mol. The predicted octanol–water partition coefficient (Wildman–Crippen LogP) is 7.99. The summed E-state index contributed by atoms with van der Waals surface area (Å²) >= 11 is 0. The number of phenols is 1. The summed E-state index contributed by atoms with van der Waals surface area (Å²) in [7, 11) is 0. The molecule has 0 bridgehead atoms. The van der Waals surface area contributed by atoms with Gasteiger partial charge in [0.05, 0.1) is 0 Å².